The molecule has 0 bridgehead atoms. The van der Waals surface area contributed by atoms with Crippen molar-refractivity contribution in [3.05, 3.63) is 0 Å². The molecular formula is C13H20N2O3S. The number of nitrogens with one attached hydrogen (secondary N) is 1. The van der Waals surface area contributed by atoms with Gasteiger partial charge in [0.2, 0.25) is 5.91 Å². The number of rotatable bonds is 7. The summed E-state index contributed by atoms with van der Waals surface area (Å²) in [5, 5.41) is 12.0. The molecule has 1 saturated heterocycles. The van der Waals surface area contributed by atoms with Crippen LogP contribution in [0.25, 0.3) is 0 Å². The molecule has 2 N–H and O–H groups in total. The molecule has 6 heteroatoms. The topological polar surface area (TPSA) is 69.6 Å². The zero-order valence-corrected chi connectivity index (χ0v) is 11.7. The second-order valence-electron chi connectivity index (χ2n) is 4.43. The van der Waals surface area contributed by atoms with E-state index in [2.05, 4.69) is 11.2 Å². The second kappa shape index (κ2) is 8.83. The van der Waals surface area contributed by atoms with Gasteiger partial charge < -0.3 is 15.3 Å². The van der Waals surface area contributed by atoms with Gasteiger partial charge in [-0.3, -0.25) is 9.59 Å². The molecule has 0 saturated carbocycles. The van der Waals surface area contributed by atoms with Crippen molar-refractivity contribution in [1.82, 2.24) is 10.2 Å². The highest BCUT2D eigenvalue weighted by Crippen LogP contribution is 2.16. The average Bonchev–Trinajstić information content (AvgIpc) is 2.42. The van der Waals surface area contributed by atoms with E-state index in [9.17, 15) is 9.59 Å². The summed E-state index contributed by atoms with van der Waals surface area (Å²) in [6, 6.07) is 0. The Morgan fingerprint density at radius 1 is 1.42 bits per heavy atom. The molecule has 1 amide bonds. The first kappa shape index (κ1) is 15.9. The standard InChI is InChI=1S/C13H20N2O3S/c1-2-8-19-9-5-14-10-12(16)15-6-3-11(4-7-15)13(17)18/h1,11,14H,3-10H2,(H,17,18). The molecule has 0 atom stereocenters. The minimum atomic E-state index is -0.754. The summed E-state index contributed by atoms with van der Waals surface area (Å²) in [6.07, 6.45) is 6.24. The third-order valence-electron chi connectivity index (χ3n) is 3.08. The number of hydrogen-bond donors (Lipinski definition) is 2. The number of piperidine rings is 1. The molecule has 1 fully saturated rings. The maximum Gasteiger partial charge on any atom is 0.306 e. The summed E-state index contributed by atoms with van der Waals surface area (Å²) < 4.78 is 0. The van der Waals surface area contributed by atoms with E-state index < -0.39 is 5.97 Å². The number of likely N-dealkylation sites (tertiary alicyclic amines) is 1. The summed E-state index contributed by atoms with van der Waals surface area (Å²) in [4.78, 5) is 24.4. The highest BCUT2D eigenvalue weighted by molar-refractivity contribution is 7.99. The van der Waals surface area contributed by atoms with E-state index in [0.717, 1.165) is 12.3 Å². The number of carboxylic acid groups (broad SMARTS) is 1. The van der Waals surface area contributed by atoms with Crippen molar-refractivity contribution in [2.45, 2.75) is 12.8 Å². The summed E-state index contributed by atoms with van der Waals surface area (Å²) in [5.74, 6) is 3.12. The molecule has 106 valence electrons. The van der Waals surface area contributed by atoms with Crippen LogP contribution in [-0.2, 0) is 9.59 Å². The first-order chi connectivity index (χ1) is 9.15. The Morgan fingerprint density at radius 2 is 2.11 bits per heavy atom. The number of amides is 1. The van der Waals surface area contributed by atoms with Gasteiger partial charge in [0.05, 0.1) is 18.2 Å². The van der Waals surface area contributed by atoms with Crippen LogP contribution < -0.4 is 5.32 Å². The van der Waals surface area contributed by atoms with Gasteiger partial charge in [0.15, 0.2) is 0 Å². The van der Waals surface area contributed by atoms with Crippen molar-refractivity contribution >= 4 is 23.6 Å². The van der Waals surface area contributed by atoms with Crippen LogP contribution >= 0.6 is 11.8 Å². The predicted molar refractivity (Wildman–Crippen MR) is 76.0 cm³/mol. The van der Waals surface area contributed by atoms with Crippen LogP contribution in [0.5, 0.6) is 0 Å². The van der Waals surface area contributed by atoms with E-state index in [1.54, 1.807) is 16.7 Å². The van der Waals surface area contributed by atoms with Crippen LogP contribution in [0, 0.1) is 18.3 Å². The van der Waals surface area contributed by atoms with Crippen molar-refractivity contribution < 1.29 is 14.7 Å². The van der Waals surface area contributed by atoms with Crippen LogP contribution in [-0.4, -0.2) is 59.6 Å². The molecule has 0 aliphatic carbocycles. The summed E-state index contributed by atoms with van der Waals surface area (Å²) >= 11 is 1.66. The molecule has 19 heavy (non-hydrogen) atoms. The molecule has 0 aromatic rings. The SMILES string of the molecule is C#CCSCCNCC(=O)N1CCC(C(=O)O)CC1. The molecule has 0 unspecified atom stereocenters. The predicted octanol–water partition coefficient (Wildman–Crippen LogP) is 0.266. The van der Waals surface area contributed by atoms with Gasteiger partial charge in [-0.05, 0) is 12.8 Å². The molecule has 5 nitrogen and oxygen atoms in total. The summed E-state index contributed by atoms with van der Waals surface area (Å²) in [5.41, 5.74) is 0. The normalized spacial score (nSPS) is 16.1. The largest absolute Gasteiger partial charge is 0.481 e. The second-order valence-corrected chi connectivity index (χ2v) is 5.53. The maximum absolute atomic E-state index is 11.8. The van der Waals surface area contributed by atoms with Crippen LogP contribution in [0.2, 0.25) is 0 Å². The van der Waals surface area contributed by atoms with Crippen molar-refractivity contribution in [2.24, 2.45) is 5.92 Å². The van der Waals surface area contributed by atoms with E-state index in [-0.39, 0.29) is 11.8 Å². The van der Waals surface area contributed by atoms with Crippen molar-refractivity contribution in [1.29, 1.82) is 0 Å². The van der Waals surface area contributed by atoms with E-state index in [0.29, 0.717) is 38.2 Å². The number of carbonyl (C=O) groups is 2. The van der Waals surface area contributed by atoms with E-state index >= 15 is 0 Å². The van der Waals surface area contributed by atoms with Crippen molar-refractivity contribution in [3.8, 4) is 12.3 Å². The molecule has 1 heterocycles. The van der Waals surface area contributed by atoms with Gasteiger partial charge in [0.1, 0.15) is 0 Å². The Hall–Kier alpha value is -1.19. The summed E-state index contributed by atoms with van der Waals surface area (Å²) in [6.45, 7) is 2.16. The van der Waals surface area contributed by atoms with Crippen LogP contribution in [0.3, 0.4) is 0 Å². The number of carboxylic acids is 1. The zero-order chi connectivity index (χ0) is 14.1. The average molecular weight is 284 g/mol. The zero-order valence-electron chi connectivity index (χ0n) is 10.9. The molecule has 1 rings (SSSR count). The third kappa shape index (κ3) is 5.99. The van der Waals surface area contributed by atoms with Crippen molar-refractivity contribution in [2.75, 3.05) is 37.7 Å². The first-order valence-corrected chi connectivity index (χ1v) is 7.53. The Balaban J connectivity index is 2.11. The lowest BCUT2D eigenvalue weighted by atomic mass is 9.97. The lowest BCUT2D eigenvalue weighted by Gasteiger charge is -2.30. The lowest BCUT2D eigenvalue weighted by Crippen LogP contribution is -2.44. The van der Waals surface area contributed by atoms with Gasteiger partial charge in [0.25, 0.3) is 0 Å². The highest BCUT2D eigenvalue weighted by atomic mass is 32.2. The minimum absolute atomic E-state index is 0.0470. The number of carbonyl (C=O) groups excluding carboxylic acids is 1. The fourth-order valence-electron chi connectivity index (χ4n) is 1.96. The first-order valence-electron chi connectivity index (χ1n) is 6.37. The van der Waals surface area contributed by atoms with Crippen LogP contribution in [0.4, 0.5) is 0 Å². The number of thioether (sulfide) groups is 1. The number of hydrogen-bond acceptors (Lipinski definition) is 4. The number of nitrogens with zero attached hydrogens (tertiary/aromatic N) is 1. The third-order valence-corrected chi connectivity index (χ3v) is 3.95. The summed E-state index contributed by atoms with van der Waals surface area (Å²) in [7, 11) is 0. The molecule has 1 aliphatic rings. The van der Waals surface area contributed by atoms with Crippen LogP contribution in [0.15, 0.2) is 0 Å². The molecule has 0 aromatic carbocycles. The van der Waals surface area contributed by atoms with Gasteiger partial charge in [-0.1, -0.05) is 5.92 Å². The Morgan fingerprint density at radius 3 is 2.68 bits per heavy atom. The number of terminal acetylenes is 1. The Labute approximate surface area is 118 Å². The van der Waals surface area contributed by atoms with Gasteiger partial charge in [-0.2, -0.15) is 0 Å². The van der Waals surface area contributed by atoms with Crippen molar-refractivity contribution in [3.63, 3.8) is 0 Å². The van der Waals surface area contributed by atoms with E-state index in [4.69, 9.17) is 11.5 Å². The fourth-order valence-corrected chi connectivity index (χ4v) is 2.51. The quantitative estimate of drug-likeness (QED) is 0.518. The van der Waals surface area contributed by atoms with E-state index in [1.807, 2.05) is 0 Å². The van der Waals surface area contributed by atoms with Gasteiger partial charge >= 0.3 is 5.97 Å². The molecule has 0 radical (unpaired) electrons. The monoisotopic (exact) mass is 284 g/mol. The highest BCUT2D eigenvalue weighted by Gasteiger charge is 2.26. The van der Waals surface area contributed by atoms with E-state index in [1.165, 1.54) is 0 Å². The molecule has 0 spiro atoms. The molecular weight excluding hydrogens is 264 g/mol. The Kier molecular flexibility index (Phi) is 7.38. The smallest absolute Gasteiger partial charge is 0.306 e. The fraction of sp³-hybridized carbons (Fsp3) is 0.692. The van der Waals surface area contributed by atoms with Gasteiger partial charge in [-0.15, -0.1) is 18.2 Å². The lowest BCUT2D eigenvalue weighted by molar-refractivity contribution is -0.145. The van der Waals surface area contributed by atoms with Gasteiger partial charge in [0, 0.05) is 25.4 Å². The minimum Gasteiger partial charge on any atom is -0.481 e. The number of aliphatic carboxylic acids is 1. The van der Waals surface area contributed by atoms with Gasteiger partial charge in [-0.25, -0.2) is 0 Å². The maximum atomic E-state index is 11.8. The Bertz CT molecular complexity index is 346. The molecule has 0 aromatic heterocycles. The molecule has 1 aliphatic heterocycles. The van der Waals surface area contributed by atoms with Crippen LogP contribution in [0.1, 0.15) is 12.8 Å².